The van der Waals surface area contributed by atoms with Crippen LogP contribution >= 0.6 is 0 Å². The lowest BCUT2D eigenvalue weighted by molar-refractivity contribution is -0.153. The van der Waals surface area contributed by atoms with E-state index in [0.717, 1.165) is 6.54 Å². The highest BCUT2D eigenvalue weighted by Crippen LogP contribution is 2.27. The predicted octanol–water partition coefficient (Wildman–Crippen LogP) is 0.482. The van der Waals surface area contributed by atoms with E-state index in [9.17, 15) is 4.79 Å². The van der Waals surface area contributed by atoms with Gasteiger partial charge in [-0.2, -0.15) is 4.90 Å². The molecule has 1 atom stereocenters. The van der Waals surface area contributed by atoms with E-state index in [1.54, 1.807) is 0 Å². The van der Waals surface area contributed by atoms with Gasteiger partial charge >= 0.3 is 5.97 Å². The molecule has 3 rings (SSSR count). The highest BCUT2D eigenvalue weighted by atomic mass is 16.5. The molecule has 3 aliphatic rings. The van der Waals surface area contributed by atoms with Gasteiger partial charge in [0.05, 0.1) is 0 Å². The van der Waals surface area contributed by atoms with E-state index in [1.807, 2.05) is 0 Å². The number of esters is 1. The average Bonchev–Trinajstić information content (AvgIpc) is 2.05. The minimum absolute atomic E-state index is 0.131. The average molecular weight is 169 g/mol. The predicted molar refractivity (Wildman–Crippen MR) is 45.0 cm³/mol. The molecule has 12 heavy (non-hydrogen) atoms. The van der Waals surface area contributed by atoms with Crippen molar-refractivity contribution in [1.29, 1.82) is 0 Å². The van der Waals surface area contributed by atoms with Gasteiger partial charge in [0.25, 0.3) is 0 Å². The molecule has 3 aliphatic heterocycles. The van der Waals surface area contributed by atoms with Gasteiger partial charge in [0.15, 0.2) is 12.6 Å². The molecule has 0 aromatic rings. The molecule has 3 heteroatoms. The van der Waals surface area contributed by atoms with Gasteiger partial charge in [-0.25, -0.2) is 0 Å². The third-order valence-corrected chi connectivity index (χ3v) is 2.91. The first-order chi connectivity index (χ1) is 5.75. The van der Waals surface area contributed by atoms with Crippen LogP contribution in [0, 0.1) is 5.92 Å². The van der Waals surface area contributed by atoms with E-state index in [2.05, 4.69) is 4.90 Å². The topological polar surface area (TPSA) is 32.2 Å². The normalized spacial score (nSPS) is 39.6. The van der Waals surface area contributed by atoms with Gasteiger partial charge in [-0.3, -0.25) is 4.79 Å². The maximum absolute atomic E-state index is 10.7. The van der Waals surface area contributed by atoms with Gasteiger partial charge < -0.3 is 4.74 Å². The molecule has 3 nitrogen and oxygen atoms in total. The Morgan fingerprint density at radius 1 is 1.42 bits per heavy atom. The summed E-state index contributed by atoms with van der Waals surface area (Å²) in [6, 6.07) is 0. The standard InChI is InChI=1S/C9H15NO2/c1-7(11)12-9-6-10-4-2-8(9)3-5-10/h8-9H,2-6H2,1H3/q+1. The Bertz CT molecular complexity index is 185. The number of rotatable bonds is 1. The van der Waals surface area contributed by atoms with Crippen molar-refractivity contribution in [2.75, 3.05) is 19.6 Å². The second-order valence-corrected chi connectivity index (χ2v) is 3.79. The van der Waals surface area contributed by atoms with Gasteiger partial charge in [0.2, 0.25) is 0 Å². The number of fused-ring (bicyclic) bond motifs is 3. The van der Waals surface area contributed by atoms with Crippen molar-refractivity contribution in [3.63, 3.8) is 0 Å². The van der Waals surface area contributed by atoms with Gasteiger partial charge in [-0.1, -0.05) is 0 Å². The van der Waals surface area contributed by atoms with Crippen LogP contribution in [0.15, 0.2) is 0 Å². The van der Waals surface area contributed by atoms with Gasteiger partial charge in [-0.05, 0) is 0 Å². The first-order valence-corrected chi connectivity index (χ1v) is 4.65. The molecule has 1 radical (unpaired) electrons. The van der Waals surface area contributed by atoms with E-state index < -0.39 is 0 Å². The number of piperidine rings is 3. The molecular weight excluding hydrogens is 154 g/mol. The summed E-state index contributed by atoms with van der Waals surface area (Å²) >= 11 is 0. The van der Waals surface area contributed by atoms with Gasteiger partial charge in [0, 0.05) is 25.7 Å². The van der Waals surface area contributed by atoms with Crippen LogP contribution in [-0.4, -0.2) is 31.7 Å². The molecule has 0 N–H and O–H groups in total. The molecule has 0 spiro atoms. The maximum Gasteiger partial charge on any atom is 0.303 e. The van der Waals surface area contributed by atoms with Crippen LogP contribution in [0.1, 0.15) is 19.8 Å². The van der Waals surface area contributed by atoms with Crippen molar-refractivity contribution in [3.8, 4) is 0 Å². The molecule has 0 aliphatic carbocycles. The van der Waals surface area contributed by atoms with Crippen molar-refractivity contribution in [1.82, 2.24) is 4.90 Å². The van der Waals surface area contributed by atoms with E-state index in [1.165, 1.54) is 32.9 Å². The second kappa shape index (κ2) is 3.05. The lowest BCUT2D eigenvalue weighted by Crippen LogP contribution is -2.55. The van der Waals surface area contributed by atoms with Crippen molar-refractivity contribution in [2.24, 2.45) is 5.92 Å². The van der Waals surface area contributed by atoms with Crippen LogP contribution in [-0.2, 0) is 9.53 Å². The summed E-state index contributed by atoms with van der Waals surface area (Å²) < 4.78 is 5.24. The van der Waals surface area contributed by atoms with Crippen LogP contribution in [0.25, 0.3) is 0 Å². The number of hydrogen-bond acceptors (Lipinski definition) is 3. The summed E-state index contributed by atoms with van der Waals surface area (Å²) in [5, 5.41) is 0. The van der Waals surface area contributed by atoms with E-state index in [4.69, 9.17) is 4.74 Å². The molecule has 3 fully saturated rings. The van der Waals surface area contributed by atoms with Crippen LogP contribution in [0.5, 0.6) is 0 Å². The largest absolute Gasteiger partial charge is 0.456 e. The lowest BCUT2D eigenvalue weighted by Gasteiger charge is -2.36. The van der Waals surface area contributed by atoms with E-state index in [0.29, 0.717) is 5.92 Å². The molecule has 1 unspecified atom stereocenters. The summed E-state index contributed by atoms with van der Waals surface area (Å²) in [6.45, 7) is 4.85. The highest BCUT2D eigenvalue weighted by molar-refractivity contribution is 5.66. The molecule has 67 valence electrons. The number of hydrogen-bond donors (Lipinski definition) is 0. The molecule has 0 saturated carbocycles. The second-order valence-electron chi connectivity index (χ2n) is 3.79. The van der Waals surface area contributed by atoms with Crippen molar-refractivity contribution in [3.05, 3.63) is 0 Å². The minimum Gasteiger partial charge on any atom is -0.456 e. The minimum atomic E-state index is -0.131. The Labute approximate surface area is 72.7 Å². The third-order valence-electron chi connectivity index (χ3n) is 2.91. The fourth-order valence-electron chi connectivity index (χ4n) is 2.26. The zero-order valence-electron chi connectivity index (χ0n) is 7.45. The van der Waals surface area contributed by atoms with Gasteiger partial charge in [0.1, 0.15) is 13.1 Å². The first-order valence-electron chi connectivity index (χ1n) is 4.65. The molecule has 3 heterocycles. The van der Waals surface area contributed by atoms with Crippen LogP contribution in [0.3, 0.4) is 0 Å². The Morgan fingerprint density at radius 2 is 2.08 bits per heavy atom. The molecule has 0 aromatic carbocycles. The molecule has 3 saturated heterocycles. The monoisotopic (exact) mass is 169 g/mol. The highest BCUT2D eigenvalue weighted by Gasteiger charge is 2.42. The summed E-state index contributed by atoms with van der Waals surface area (Å²) in [6.07, 6.45) is 2.60. The summed E-state index contributed by atoms with van der Waals surface area (Å²) in [4.78, 5) is 13.1. The number of ether oxygens (including phenoxy) is 1. The van der Waals surface area contributed by atoms with Crippen LogP contribution in [0.4, 0.5) is 0 Å². The Kier molecular flexibility index (Phi) is 2.05. The third kappa shape index (κ3) is 1.46. The zero-order valence-corrected chi connectivity index (χ0v) is 7.45. The Hall–Kier alpha value is -0.570. The fraction of sp³-hybridized carbons (Fsp3) is 0.889. The van der Waals surface area contributed by atoms with E-state index in [-0.39, 0.29) is 12.1 Å². The number of nitrogens with zero attached hydrogens (tertiary/aromatic N) is 1. The quantitative estimate of drug-likeness (QED) is 0.422. The summed E-state index contributed by atoms with van der Waals surface area (Å²) in [5.41, 5.74) is 0. The van der Waals surface area contributed by atoms with Crippen molar-refractivity contribution in [2.45, 2.75) is 25.9 Å². The van der Waals surface area contributed by atoms with Crippen molar-refractivity contribution >= 4 is 5.97 Å². The summed E-state index contributed by atoms with van der Waals surface area (Å²) in [5.74, 6) is 0.507. The molecule has 0 amide bonds. The molecule has 2 bridgehead atoms. The number of carbonyl (C=O) groups is 1. The first kappa shape index (κ1) is 8.05. The zero-order chi connectivity index (χ0) is 8.55. The van der Waals surface area contributed by atoms with Crippen molar-refractivity contribution < 1.29 is 9.53 Å². The maximum atomic E-state index is 10.7. The van der Waals surface area contributed by atoms with Crippen LogP contribution < -0.4 is 4.90 Å². The van der Waals surface area contributed by atoms with E-state index >= 15 is 0 Å². The SMILES string of the molecule is CC(=O)OC1C[N+]2CCC1CC2. The molecule has 0 aromatic heterocycles. The lowest BCUT2D eigenvalue weighted by atomic mass is 9.86. The Balaban J connectivity index is 1.95. The fourth-order valence-corrected chi connectivity index (χ4v) is 2.26. The molecular formula is C9H15NO2+. The summed E-state index contributed by atoms with van der Waals surface area (Å²) in [7, 11) is 0. The number of carbonyl (C=O) groups excluding carboxylic acids is 1. The van der Waals surface area contributed by atoms with Crippen LogP contribution in [0.2, 0.25) is 0 Å². The Morgan fingerprint density at radius 3 is 2.50 bits per heavy atom. The van der Waals surface area contributed by atoms with Gasteiger partial charge in [-0.15, -0.1) is 0 Å². The smallest absolute Gasteiger partial charge is 0.303 e.